The highest BCUT2D eigenvalue weighted by Crippen LogP contribution is 2.32. The van der Waals surface area contributed by atoms with E-state index in [-0.39, 0.29) is 18.5 Å². The van der Waals surface area contributed by atoms with Gasteiger partial charge < -0.3 is 10.1 Å². The molecule has 1 aromatic heterocycles. The van der Waals surface area contributed by atoms with Crippen molar-refractivity contribution in [2.75, 3.05) is 32.8 Å². The predicted molar refractivity (Wildman–Crippen MR) is 123 cm³/mol. The summed E-state index contributed by atoms with van der Waals surface area (Å²) < 4.78 is 46.0. The zero-order valence-corrected chi connectivity index (χ0v) is 19.2. The van der Waals surface area contributed by atoms with Crippen molar-refractivity contribution >= 4 is 17.5 Å². The molecular formula is C24H24ClF3N4O2. The number of nitrogens with zero attached hydrogens (tertiary/aromatic N) is 3. The molecule has 1 amide bonds. The van der Waals surface area contributed by atoms with Crippen LogP contribution in [-0.4, -0.2) is 53.4 Å². The molecule has 1 N–H and O–H groups in total. The highest BCUT2D eigenvalue weighted by Gasteiger charge is 2.31. The molecule has 10 heteroatoms. The van der Waals surface area contributed by atoms with E-state index in [9.17, 15) is 18.0 Å². The number of carbonyl (C=O) groups excluding carboxylic acids is 1. The Bertz CT molecular complexity index is 1140. The Morgan fingerprint density at radius 3 is 2.47 bits per heavy atom. The van der Waals surface area contributed by atoms with Crippen LogP contribution in [0.15, 0.2) is 54.7 Å². The van der Waals surface area contributed by atoms with Gasteiger partial charge in [-0.15, -0.1) is 0 Å². The number of halogens is 4. The quantitative estimate of drug-likeness (QED) is 0.548. The van der Waals surface area contributed by atoms with Crippen molar-refractivity contribution < 1.29 is 22.7 Å². The Hall–Kier alpha value is -2.88. The Kier molecular flexibility index (Phi) is 7.25. The van der Waals surface area contributed by atoms with Gasteiger partial charge in [0.1, 0.15) is 5.69 Å². The van der Waals surface area contributed by atoms with Gasteiger partial charge in [-0.1, -0.05) is 41.9 Å². The maximum Gasteiger partial charge on any atom is 0.416 e. The minimum absolute atomic E-state index is 0.209. The second-order valence-corrected chi connectivity index (χ2v) is 8.45. The van der Waals surface area contributed by atoms with Gasteiger partial charge in [0.25, 0.3) is 5.91 Å². The van der Waals surface area contributed by atoms with Crippen LogP contribution < -0.4 is 5.32 Å². The fourth-order valence-electron chi connectivity index (χ4n) is 4.03. The lowest BCUT2D eigenvalue weighted by atomic mass is 10.0. The van der Waals surface area contributed by atoms with Gasteiger partial charge in [0, 0.05) is 38.4 Å². The van der Waals surface area contributed by atoms with E-state index in [2.05, 4.69) is 15.3 Å². The molecule has 1 atom stereocenters. The normalized spacial score (nSPS) is 15.8. The molecule has 0 aliphatic carbocycles. The SMILES string of the molecule is Cn1cc(C(=O)NCC(c2ccc(C(F)(F)F)cc2)N2CCOCC2)c(-c2ccccc2Cl)n1. The summed E-state index contributed by atoms with van der Waals surface area (Å²) in [6.07, 6.45) is -2.79. The van der Waals surface area contributed by atoms with Gasteiger partial charge in [0.05, 0.1) is 35.4 Å². The third kappa shape index (κ3) is 5.43. The van der Waals surface area contributed by atoms with Crippen LogP contribution in [0.1, 0.15) is 27.5 Å². The van der Waals surface area contributed by atoms with Crippen molar-refractivity contribution in [1.82, 2.24) is 20.0 Å². The first-order chi connectivity index (χ1) is 16.2. The van der Waals surface area contributed by atoms with Crippen molar-refractivity contribution in [2.24, 2.45) is 7.05 Å². The van der Waals surface area contributed by atoms with Crippen LogP contribution >= 0.6 is 11.6 Å². The molecule has 2 heterocycles. The molecule has 34 heavy (non-hydrogen) atoms. The molecule has 0 bridgehead atoms. The van der Waals surface area contributed by atoms with Crippen LogP contribution in [0.4, 0.5) is 13.2 Å². The average Bonchev–Trinajstić information content (AvgIpc) is 3.21. The molecule has 180 valence electrons. The van der Waals surface area contributed by atoms with E-state index in [4.69, 9.17) is 16.3 Å². The van der Waals surface area contributed by atoms with Crippen LogP contribution in [0.25, 0.3) is 11.3 Å². The first-order valence-electron chi connectivity index (χ1n) is 10.8. The van der Waals surface area contributed by atoms with E-state index >= 15 is 0 Å². The number of ether oxygens (including phenoxy) is 1. The molecule has 1 aliphatic rings. The number of carbonyl (C=O) groups is 1. The summed E-state index contributed by atoms with van der Waals surface area (Å²) in [5.41, 5.74) is 1.45. The molecule has 1 fully saturated rings. The Labute approximate surface area is 200 Å². The van der Waals surface area contributed by atoms with Crippen LogP contribution in [0.3, 0.4) is 0 Å². The van der Waals surface area contributed by atoms with Gasteiger partial charge >= 0.3 is 6.18 Å². The molecule has 1 aliphatic heterocycles. The fourth-order valence-corrected chi connectivity index (χ4v) is 4.26. The van der Waals surface area contributed by atoms with Crippen LogP contribution in [0, 0.1) is 0 Å². The molecule has 0 radical (unpaired) electrons. The number of benzene rings is 2. The summed E-state index contributed by atoms with van der Waals surface area (Å²) >= 11 is 6.32. The smallest absolute Gasteiger partial charge is 0.379 e. The lowest BCUT2D eigenvalue weighted by Gasteiger charge is -2.35. The Morgan fingerprint density at radius 2 is 1.82 bits per heavy atom. The van der Waals surface area contributed by atoms with Gasteiger partial charge in [-0.25, -0.2) is 0 Å². The molecule has 0 spiro atoms. The zero-order valence-electron chi connectivity index (χ0n) is 18.5. The van der Waals surface area contributed by atoms with Crippen molar-refractivity contribution in [3.05, 3.63) is 76.4 Å². The topological polar surface area (TPSA) is 59.4 Å². The molecular weight excluding hydrogens is 469 g/mol. The number of alkyl halides is 3. The second-order valence-electron chi connectivity index (χ2n) is 8.04. The van der Waals surface area contributed by atoms with Crippen LogP contribution in [-0.2, 0) is 18.0 Å². The third-order valence-electron chi connectivity index (χ3n) is 5.77. The largest absolute Gasteiger partial charge is 0.416 e. The molecule has 1 saturated heterocycles. The molecule has 1 unspecified atom stereocenters. The van der Waals surface area contributed by atoms with Crippen LogP contribution in [0.2, 0.25) is 5.02 Å². The van der Waals surface area contributed by atoms with Crippen molar-refractivity contribution in [3.8, 4) is 11.3 Å². The minimum Gasteiger partial charge on any atom is -0.379 e. The van der Waals surface area contributed by atoms with Gasteiger partial charge in [-0.2, -0.15) is 18.3 Å². The lowest BCUT2D eigenvalue weighted by Crippen LogP contribution is -2.43. The molecule has 2 aromatic carbocycles. The van der Waals surface area contributed by atoms with Crippen molar-refractivity contribution in [1.29, 1.82) is 0 Å². The maximum absolute atomic E-state index is 13.2. The number of hydrogen-bond acceptors (Lipinski definition) is 4. The average molecular weight is 493 g/mol. The summed E-state index contributed by atoms with van der Waals surface area (Å²) in [6.45, 7) is 2.47. The van der Waals surface area contributed by atoms with E-state index < -0.39 is 11.7 Å². The number of hydrogen-bond donors (Lipinski definition) is 1. The highest BCUT2D eigenvalue weighted by molar-refractivity contribution is 6.33. The van der Waals surface area contributed by atoms with Crippen molar-refractivity contribution in [2.45, 2.75) is 12.2 Å². The summed E-state index contributed by atoms with van der Waals surface area (Å²) in [7, 11) is 1.72. The lowest BCUT2D eigenvalue weighted by molar-refractivity contribution is -0.137. The molecule has 3 aromatic rings. The summed E-state index contributed by atoms with van der Waals surface area (Å²) in [4.78, 5) is 15.3. The van der Waals surface area contributed by atoms with Crippen molar-refractivity contribution in [3.63, 3.8) is 0 Å². The number of rotatable bonds is 6. The number of nitrogens with one attached hydrogen (secondary N) is 1. The summed E-state index contributed by atoms with van der Waals surface area (Å²) in [5.74, 6) is -0.340. The second kappa shape index (κ2) is 10.2. The highest BCUT2D eigenvalue weighted by atomic mass is 35.5. The Balaban J connectivity index is 1.56. The van der Waals surface area contributed by atoms with Gasteiger partial charge in [0.2, 0.25) is 0 Å². The van der Waals surface area contributed by atoms with Crippen LogP contribution in [0.5, 0.6) is 0 Å². The fraction of sp³-hybridized carbons (Fsp3) is 0.333. The third-order valence-corrected chi connectivity index (χ3v) is 6.10. The van der Waals surface area contributed by atoms with E-state index in [1.165, 1.54) is 12.1 Å². The standard InChI is InChI=1S/C24H24ClF3N4O2/c1-31-15-19(22(30-31)18-4-2-3-5-20(18)25)23(33)29-14-21(32-10-12-34-13-11-32)16-6-8-17(9-7-16)24(26,27)28/h2-9,15,21H,10-14H2,1H3,(H,29,33). The predicted octanol–water partition coefficient (Wildman–Crippen LogP) is 4.56. The number of amides is 1. The van der Waals surface area contributed by atoms with E-state index in [1.807, 2.05) is 6.07 Å². The van der Waals surface area contributed by atoms with E-state index in [0.717, 1.165) is 12.1 Å². The molecule has 4 rings (SSSR count). The van der Waals surface area contributed by atoms with Gasteiger partial charge in [0.15, 0.2) is 0 Å². The Morgan fingerprint density at radius 1 is 1.15 bits per heavy atom. The zero-order chi connectivity index (χ0) is 24.3. The molecule has 6 nitrogen and oxygen atoms in total. The number of aromatic nitrogens is 2. The van der Waals surface area contributed by atoms with Gasteiger partial charge in [-0.3, -0.25) is 14.4 Å². The summed E-state index contributed by atoms with van der Waals surface area (Å²) in [6, 6.07) is 11.9. The number of aryl methyl sites for hydroxylation is 1. The monoisotopic (exact) mass is 492 g/mol. The first kappa shape index (κ1) is 24.3. The number of morpholine rings is 1. The van der Waals surface area contributed by atoms with E-state index in [0.29, 0.717) is 53.7 Å². The first-order valence-corrected chi connectivity index (χ1v) is 11.2. The van der Waals surface area contributed by atoms with E-state index in [1.54, 1.807) is 36.1 Å². The maximum atomic E-state index is 13.2. The molecule has 0 saturated carbocycles. The minimum atomic E-state index is -4.41. The van der Waals surface area contributed by atoms with Gasteiger partial charge in [-0.05, 0) is 23.8 Å². The summed E-state index contributed by atoms with van der Waals surface area (Å²) in [5, 5.41) is 7.83.